The van der Waals surface area contributed by atoms with Crippen molar-refractivity contribution < 1.29 is 0 Å². The lowest BCUT2D eigenvalue weighted by molar-refractivity contribution is 1.71. The Hall–Kier alpha value is -3.24. The maximum Gasteiger partial charge on any atom is 0.185 e. The molecule has 0 amide bonds. The van der Waals surface area contributed by atoms with E-state index in [-0.39, 0.29) is 0 Å². The van der Waals surface area contributed by atoms with Gasteiger partial charge in [-0.15, -0.1) is 45.3 Å². The molecular weight excluding hydrogens is 845 g/mol. The molecule has 1 spiro atoms. The van der Waals surface area contributed by atoms with Crippen LogP contribution in [0.4, 0.5) is 0 Å². The first-order valence-corrected chi connectivity index (χ1v) is 37.4. The first-order chi connectivity index (χ1) is 27.3. The van der Waals surface area contributed by atoms with Crippen LogP contribution in [-0.2, 0) is 0 Å². The number of hydrogen-bond acceptors (Lipinski definition) is 4. The molecule has 0 saturated heterocycles. The van der Waals surface area contributed by atoms with E-state index in [1.54, 1.807) is 58.3 Å². The van der Waals surface area contributed by atoms with Gasteiger partial charge in [0.15, 0.2) is 8.07 Å². The average molecular weight is 894 g/mol. The van der Waals surface area contributed by atoms with Crippen molar-refractivity contribution in [3.05, 3.63) is 146 Å². The van der Waals surface area contributed by atoms with E-state index in [0.29, 0.717) is 0 Å². The van der Waals surface area contributed by atoms with Crippen LogP contribution < -0.4 is 59.5 Å². The fourth-order valence-electron chi connectivity index (χ4n) is 9.44. The average Bonchev–Trinajstić information content (AvgIpc) is 4.07. The van der Waals surface area contributed by atoms with E-state index in [4.69, 9.17) is 0 Å². The molecule has 0 fully saturated rings. The van der Waals surface area contributed by atoms with Gasteiger partial charge in [0.25, 0.3) is 0 Å². The molecule has 8 aromatic rings. The fraction of sp³-hybridized carbons (Fsp3) is 0.167. The normalized spacial score (nSPS) is 14.5. The topological polar surface area (TPSA) is 0 Å². The summed E-state index contributed by atoms with van der Waals surface area (Å²) >= 11 is 8.65. The Balaban J connectivity index is 1.28. The molecular formula is C48H48S4Si5. The summed E-state index contributed by atoms with van der Waals surface area (Å²) in [6, 6.07) is 56.9. The summed E-state index contributed by atoms with van der Waals surface area (Å²) in [6.45, 7) is 20.7. The van der Waals surface area contributed by atoms with E-state index in [1.165, 1.54) is 20.7 Å². The Labute approximate surface area is 359 Å². The molecule has 0 saturated carbocycles. The highest BCUT2D eigenvalue weighted by Crippen LogP contribution is 2.43. The van der Waals surface area contributed by atoms with Crippen molar-refractivity contribution in [2.45, 2.75) is 52.4 Å². The zero-order chi connectivity index (χ0) is 39.5. The smallest absolute Gasteiger partial charge is 0.144 e. The second-order valence-corrected chi connectivity index (χ2v) is 44.9. The minimum absolute atomic E-state index is 1.53. The predicted octanol–water partition coefficient (Wildman–Crippen LogP) is 6.56. The molecule has 57 heavy (non-hydrogen) atoms. The summed E-state index contributed by atoms with van der Waals surface area (Å²) in [5, 5.41) is 12.9. The Morgan fingerprint density at radius 3 is 0.684 bits per heavy atom. The number of rotatable bonds is 8. The van der Waals surface area contributed by atoms with Crippen LogP contribution in [0, 0.1) is 0 Å². The van der Waals surface area contributed by atoms with Gasteiger partial charge in [0.05, 0.1) is 0 Å². The van der Waals surface area contributed by atoms with Crippen LogP contribution >= 0.6 is 45.3 Å². The minimum atomic E-state index is -2.66. The molecule has 4 aromatic heterocycles. The summed E-state index contributed by atoms with van der Waals surface area (Å²) in [6.07, 6.45) is 0. The summed E-state index contributed by atoms with van der Waals surface area (Å²) in [5.74, 6) is 0. The van der Waals surface area contributed by atoms with Gasteiger partial charge in [-0.1, -0.05) is 219 Å². The zero-order valence-electron chi connectivity index (χ0n) is 34.0. The zero-order valence-corrected chi connectivity index (χ0v) is 42.3. The molecule has 0 unspecified atom stereocenters. The largest absolute Gasteiger partial charge is 0.185 e. The molecule has 0 nitrogen and oxygen atoms in total. The van der Waals surface area contributed by atoms with Crippen LogP contribution in [0.2, 0.25) is 52.4 Å². The van der Waals surface area contributed by atoms with E-state index in [9.17, 15) is 0 Å². The van der Waals surface area contributed by atoms with Crippen LogP contribution in [0.15, 0.2) is 146 Å². The Morgan fingerprint density at radius 1 is 0.298 bits per heavy atom. The van der Waals surface area contributed by atoms with E-state index < -0.39 is 40.4 Å². The third kappa shape index (κ3) is 5.53. The number of thiophene rings is 4. The second-order valence-electron chi connectivity index (χ2n) is 18.1. The fourth-order valence-corrected chi connectivity index (χ4v) is 35.9. The Kier molecular flexibility index (Phi) is 8.92. The standard InChI is InChI=1S/C48H48S4Si5/c1-53(2,33-21-13-9-14-22-33)41-29-37-45(49-41)46-38(30-42(50-46)54(3,4)34-23-15-10-16-24-34)57(37)39-31-43(55(5,6)35-25-17-11-18-26-35)51-47(39)48-40(57)32-44(52-48)56(7,8)36-27-19-12-20-28-36/h9-32H,1-8H3. The van der Waals surface area contributed by atoms with Crippen molar-refractivity contribution in [3.8, 4) is 19.5 Å². The molecule has 2 aliphatic heterocycles. The van der Waals surface area contributed by atoms with E-state index >= 15 is 0 Å². The van der Waals surface area contributed by atoms with Crippen molar-refractivity contribution >= 4 is 145 Å². The number of hydrogen-bond donors (Lipinski definition) is 0. The Bertz CT molecular complexity index is 2400. The first-order valence-electron chi connectivity index (χ1n) is 20.1. The molecule has 0 radical (unpaired) electrons. The van der Waals surface area contributed by atoms with E-state index in [0.717, 1.165) is 0 Å². The van der Waals surface area contributed by atoms with Gasteiger partial charge in [-0.3, -0.25) is 0 Å². The first kappa shape index (κ1) is 38.0. The molecule has 284 valence electrons. The van der Waals surface area contributed by atoms with Crippen LogP contribution in [0.5, 0.6) is 0 Å². The summed E-state index contributed by atoms with van der Waals surface area (Å²) in [5.41, 5.74) is 0. The monoisotopic (exact) mass is 892 g/mol. The van der Waals surface area contributed by atoms with Crippen molar-refractivity contribution in [1.29, 1.82) is 0 Å². The van der Waals surface area contributed by atoms with Crippen molar-refractivity contribution in [2.24, 2.45) is 0 Å². The van der Waals surface area contributed by atoms with Crippen molar-refractivity contribution in [2.75, 3.05) is 0 Å². The molecule has 9 heteroatoms. The maximum absolute atomic E-state index is 2.78. The highest BCUT2D eigenvalue weighted by atomic mass is 32.1. The molecule has 0 bridgehead atoms. The summed E-state index contributed by atoms with van der Waals surface area (Å²) in [7, 11) is -10.5. The van der Waals surface area contributed by atoms with Crippen LogP contribution in [0.25, 0.3) is 19.5 Å². The van der Waals surface area contributed by atoms with E-state index in [2.05, 4.69) is 243 Å². The van der Waals surface area contributed by atoms with Gasteiger partial charge >= 0.3 is 0 Å². The van der Waals surface area contributed by atoms with E-state index in [1.807, 2.05) is 0 Å². The van der Waals surface area contributed by atoms with Crippen LogP contribution in [0.1, 0.15) is 0 Å². The Morgan fingerprint density at radius 2 is 0.491 bits per heavy atom. The third-order valence-corrected chi connectivity index (χ3v) is 43.0. The van der Waals surface area contributed by atoms with Gasteiger partial charge in [-0.25, -0.2) is 0 Å². The lowest BCUT2D eigenvalue weighted by Gasteiger charge is -2.28. The minimum Gasteiger partial charge on any atom is -0.144 e. The highest BCUT2D eigenvalue weighted by molar-refractivity contribution is 7.46. The SMILES string of the molecule is C[Si](C)(c1ccccc1)c1cc2c(s1)-c1sc([Si](C)(C)c3ccccc3)cc1[Si]21c2cc([Si](C)(C)c3ccccc3)sc2-c2sc([Si](C)(C)c3ccccc3)cc21. The molecule has 0 N–H and O–H groups in total. The highest BCUT2D eigenvalue weighted by Gasteiger charge is 2.59. The molecule has 0 aliphatic carbocycles. The van der Waals surface area contributed by atoms with Crippen molar-refractivity contribution in [3.63, 3.8) is 0 Å². The summed E-state index contributed by atoms with van der Waals surface area (Å²) in [4.78, 5) is 6.37. The van der Waals surface area contributed by atoms with Crippen LogP contribution in [-0.4, -0.2) is 40.4 Å². The third-order valence-electron chi connectivity index (χ3n) is 13.4. The lowest BCUT2D eigenvalue weighted by Crippen LogP contribution is -2.71. The van der Waals surface area contributed by atoms with Crippen molar-refractivity contribution in [1.82, 2.24) is 0 Å². The molecule has 2 aliphatic rings. The number of fused-ring (bicyclic) bond motifs is 10. The predicted molar refractivity (Wildman–Crippen MR) is 272 cm³/mol. The maximum atomic E-state index is 2.78. The van der Waals surface area contributed by atoms with Gasteiger partial charge in [0.1, 0.15) is 32.3 Å². The van der Waals surface area contributed by atoms with Gasteiger partial charge in [0.2, 0.25) is 0 Å². The van der Waals surface area contributed by atoms with Gasteiger partial charge in [0, 0.05) is 19.5 Å². The second kappa shape index (κ2) is 13.4. The van der Waals surface area contributed by atoms with Gasteiger partial charge in [-0.05, 0) is 38.7 Å². The van der Waals surface area contributed by atoms with Gasteiger partial charge < -0.3 is 0 Å². The molecule has 0 atom stereocenters. The number of benzene rings is 4. The molecule has 6 heterocycles. The molecule has 10 rings (SSSR count). The summed E-state index contributed by atoms with van der Waals surface area (Å²) < 4.78 is 6.52. The van der Waals surface area contributed by atoms with Crippen LogP contribution in [0.3, 0.4) is 0 Å². The van der Waals surface area contributed by atoms with Gasteiger partial charge in [-0.2, -0.15) is 0 Å². The lowest BCUT2D eigenvalue weighted by atomic mass is 10.4. The molecule has 4 aromatic carbocycles. The quantitative estimate of drug-likeness (QED) is 0.152.